The van der Waals surface area contributed by atoms with Crippen LogP contribution in [0.5, 0.6) is 0 Å². The predicted octanol–water partition coefficient (Wildman–Crippen LogP) is 3.37. The molecule has 1 N–H and O–H groups in total. The second-order valence-electron chi connectivity index (χ2n) is 4.72. The summed E-state index contributed by atoms with van der Waals surface area (Å²) in [5.74, 6) is -0.774. The summed E-state index contributed by atoms with van der Waals surface area (Å²) in [6.07, 6.45) is 1.48. The fourth-order valence-electron chi connectivity index (χ4n) is 1.87. The van der Waals surface area contributed by atoms with E-state index in [1.807, 2.05) is 5.38 Å². The minimum atomic E-state index is -0.774. The van der Waals surface area contributed by atoms with Gasteiger partial charge < -0.3 is 5.11 Å². The molecule has 1 heterocycles. The smallest absolute Gasteiger partial charge is 0.303 e. The number of aromatic nitrogens is 1. The zero-order valence-corrected chi connectivity index (χ0v) is 12.0. The summed E-state index contributed by atoms with van der Waals surface area (Å²) in [5.41, 5.74) is 4.72. The van der Waals surface area contributed by atoms with E-state index in [1.54, 1.807) is 11.3 Å². The third-order valence-corrected chi connectivity index (χ3v) is 4.02. The minimum Gasteiger partial charge on any atom is -0.481 e. The van der Waals surface area contributed by atoms with Gasteiger partial charge in [0.25, 0.3) is 0 Å². The molecule has 0 saturated heterocycles. The fraction of sp³-hybridized carbons (Fsp3) is 0.333. The van der Waals surface area contributed by atoms with Crippen molar-refractivity contribution in [3.63, 3.8) is 0 Å². The topological polar surface area (TPSA) is 50.2 Å². The maximum absolute atomic E-state index is 10.5. The first kappa shape index (κ1) is 13.7. The number of carboxylic acid groups (broad SMARTS) is 1. The molecule has 0 spiro atoms. The van der Waals surface area contributed by atoms with E-state index in [4.69, 9.17) is 5.11 Å². The highest BCUT2D eigenvalue weighted by atomic mass is 32.1. The third kappa shape index (κ3) is 3.89. The first-order valence-electron chi connectivity index (χ1n) is 6.26. The Morgan fingerprint density at radius 3 is 2.79 bits per heavy atom. The Hall–Kier alpha value is -1.68. The molecule has 2 aromatic rings. The molecule has 0 unspecified atom stereocenters. The van der Waals surface area contributed by atoms with Crippen molar-refractivity contribution in [2.45, 2.75) is 33.1 Å². The number of benzene rings is 1. The third-order valence-electron chi connectivity index (χ3n) is 3.12. The molecule has 0 radical (unpaired) electrons. The van der Waals surface area contributed by atoms with Crippen LogP contribution < -0.4 is 0 Å². The minimum absolute atomic E-state index is 0.146. The zero-order valence-electron chi connectivity index (χ0n) is 11.1. The predicted molar refractivity (Wildman–Crippen MR) is 76.8 cm³/mol. The SMILES string of the molecule is Cc1ccc(Cc2nc(CCC(=O)O)cs2)cc1C. The van der Waals surface area contributed by atoms with Crippen LogP contribution in [0, 0.1) is 13.8 Å². The lowest BCUT2D eigenvalue weighted by Crippen LogP contribution is -1.98. The Balaban J connectivity index is 2.02. The van der Waals surface area contributed by atoms with Gasteiger partial charge >= 0.3 is 5.97 Å². The van der Waals surface area contributed by atoms with Gasteiger partial charge in [-0.2, -0.15) is 0 Å². The Morgan fingerprint density at radius 2 is 2.11 bits per heavy atom. The number of thiazole rings is 1. The molecule has 0 amide bonds. The molecule has 0 saturated carbocycles. The molecule has 19 heavy (non-hydrogen) atoms. The van der Waals surface area contributed by atoms with Crippen LogP contribution in [0.4, 0.5) is 0 Å². The van der Waals surface area contributed by atoms with Crippen LogP contribution in [0.2, 0.25) is 0 Å². The molecule has 1 aromatic carbocycles. The van der Waals surface area contributed by atoms with E-state index in [0.29, 0.717) is 6.42 Å². The summed E-state index contributed by atoms with van der Waals surface area (Å²) < 4.78 is 0. The van der Waals surface area contributed by atoms with E-state index in [9.17, 15) is 4.79 Å². The van der Waals surface area contributed by atoms with Crippen molar-refractivity contribution < 1.29 is 9.90 Å². The van der Waals surface area contributed by atoms with Crippen molar-refractivity contribution in [1.82, 2.24) is 4.98 Å². The average molecular weight is 275 g/mol. The number of hydrogen-bond donors (Lipinski definition) is 1. The first-order chi connectivity index (χ1) is 9.04. The van der Waals surface area contributed by atoms with Crippen molar-refractivity contribution in [3.8, 4) is 0 Å². The zero-order chi connectivity index (χ0) is 13.8. The number of aryl methyl sites for hydroxylation is 3. The molecule has 3 nitrogen and oxygen atoms in total. The van der Waals surface area contributed by atoms with Crippen molar-refractivity contribution in [1.29, 1.82) is 0 Å². The van der Waals surface area contributed by atoms with Crippen LogP contribution in [0.1, 0.15) is 33.8 Å². The van der Waals surface area contributed by atoms with Gasteiger partial charge in [0.1, 0.15) is 0 Å². The van der Waals surface area contributed by atoms with Crippen LogP contribution in [0.3, 0.4) is 0 Å². The first-order valence-corrected chi connectivity index (χ1v) is 7.14. The molecule has 0 aliphatic heterocycles. The van der Waals surface area contributed by atoms with Gasteiger partial charge in [0, 0.05) is 18.2 Å². The molecule has 1 aromatic heterocycles. The highest BCUT2D eigenvalue weighted by molar-refractivity contribution is 7.09. The van der Waals surface area contributed by atoms with E-state index in [0.717, 1.165) is 17.1 Å². The summed E-state index contributed by atoms with van der Waals surface area (Å²) in [5, 5.41) is 11.7. The molecule has 0 bridgehead atoms. The van der Waals surface area contributed by atoms with Crippen LogP contribution in [0.15, 0.2) is 23.6 Å². The standard InChI is InChI=1S/C15H17NO2S/c1-10-3-4-12(7-11(10)2)8-14-16-13(9-19-14)5-6-15(17)18/h3-4,7,9H,5-6,8H2,1-2H3,(H,17,18). The second kappa shape index (κ2) is 5.97. The number of rotatable bonds is 5. The summed E-state index contributed by atoms with van der Waals surface area (Å²) in [6.45, 7) is 4.21. The summed E-state index contributed by atoms with van der Waals surface area (Å²) in [7, 11) is 0. The molecular weight excluding hydrogens is 258 g/mol. The Bertz CT molecular complexity index is 590. The highest BCUT2D eigenvalue weighted by Crippen LogP contribution is 2.18. The summed E-state index contributed by atoms with van der Waals surface area (Å²) in [6, 6.07) is 6.44. The number of aliphatic carboxylic acids is 1. The number of nitrogens with zero attached hydrogens (tertiary/aromatic N) is 1. The van der Waals surface area contributed by atoms with Crippen molar-refractivity contribution >= 4 is 17.3 Å². The molecule has 100 valence electrons. The van der Waals surface area contributed by atoms with Gasteiger partial charge in [-0.1, -0.05) is 18.2 Å². The molecule has 0 aliphatic rings. The van der Waals surface area contributed by atoms with Gasteiger partial charge in [-0.3, -0.25) is 4.79 Å². The fourth-order valence-corrected chi connectivity index (χ4v) is 2.73. The number of hydrogen-bond acceptors (Lipinski definition) is 3. The monoisotopic (exact) mass is 275 g/mol. The van der Waals surface area contributed by atoms with Gasteiger partial charge in [0.05, 0.1) is 17.1 Å². The Labute approximate surface area is 116 Å². The largest absolute Gasteiger partial charge is 0.481 e. The Kier molecular flexibility index (Phi) is 4.32. The lowest BCUT2D eigenvalue weighted by Gasteiger charge is -2.03. The van der Waals surface area contributed by atoms with E-state index in [1.165, 1.54) is 16.7 Å². The number of carboxylic acids is 1. The molecule has 2 rings (SSSR count). The molecule has 0 fully saturated rings. The van der Waals surface area contributed by atoms with Crippen molar-refractivity contribution in [2.24, 2.45) is 0 Å². The molecule has 0 atom stereocenters. The number of carbonyl (C=O) groups is 1. The second-order valence-corrected chi connectivity index (χ2v) is 5.66. The molecular formula is C15H17NO2S. The van der Waals surface area contributed by atoms with E-state index >= 15 is 0 Å². The average Bonchev–Trinajstić information content (AvgIpc) is 2.79. The van der Waals surface area contributed by atoms with Gasteiger partial charge in [-0.05, 0) is 30.5 Å². The Morgan fingerprint density at radius 1 is 1.32 bits per heavy atom. The van der Waals surface area contributed by atoms with Gasteiger partial charge in [-0.15, -0.1) is 11.3 Å². The van der Waals surface area contributed by atoms with Crippen LogP contribution in [-0.4, -0.2) is 16.1 Å². The van der Waals surface area contributed by atoms with Crippen LogP contribution in [0.25, 0.3) is 0 Å². The highest BCUT2D eigenvalue weighted by Gasteiger charge is 2.06. The lowest BCUT2D eigenvalue weighted by atomic mass is 10.0. The molecule has 4 heteroatoms. The lowest BCUT2D eigenvalue weighted by molar-refractivity contribution is -0.136. The van der Waals surface area contributed by atoms with E-state index in [-0.39, 0.29) is 6.42 Å². The van der Waals surface area contributed by atoms with E-state index in [2.05, 4.69) is 37.0 Å². The van der Waals surface area contributed by atoms with Gasteiger partial charge in [-0.25, -0.2) is 4.98 Å². The van der Waals surface area contributed by atoms with E-state index < -0.39 is 5.97 Å². The summed E-state index contributed by atoms with van der Waals surface area (Å²) >= 11 is 1.60. The molecule has 0 aliphatic carbocycles. The van der Waals surface area contributed by atoms with Gasteiger partial charge in [0.2, 0.25) is 0 Å². The maximum Gasteiger partial charge on any atom is 0.303 e. The van der Waals surface area contributed by atoms with Crippen LogP contribution in [-0.2, 0) is 17.6 Å². The van der Waals surface area contributed by atoms with Crippen LogP contribution >= 0.6 is 11.3 Å². The van der Waals surface area contributed by atoms with Crippen molar-refractivity contribution in [3.05, 3.63) is 51.0 Å². The van der Waals surface area contributed by atoms with Crippen molar-refractivity contribution in [2.75, 3.05) is 0 Å². The normalized spacial score (nSPS) is 10.6. The quantitative estimate of drug-likeness (QED) is 0.910. The maximum atomic E-state index is 10.5. The van der Waals surface area contributed by atoms with Gasteiger partial charge in [0.15, 0.2) is 0 Å². The summed E-state index contributed by atoms with van der Waals surface area (Å²) in [4.78, 5) is 15.0.